The van der Waals surface area contributed by atoms with Gasteiger partial charge in [-0.2, -0.15) is 0 Å². The summed E-state index contributed by atoms with van der Waals surface area (Å²) in [6.07, 6.45) is 1.27. The molecular weight excluding hydrogens is 220 g/mol. The van der Waals surface area contributed by atoms with Gasteiger partial charge in [0, 0.05) is 11.3 Å². The first-order valence-corrected chi connectivity index (χ1v) is 5.08. The highest BCUT2D eigenvalue weighted by Crippen LogP contribution is 2.22. The van der Waals surface area contributed by atoms with Crippen molar-refractivity contribution < 1.29 is 9.21 Å². The van der Waals surface area contributed by atoms with Crippen LogP contribution in [0, 0.1) is 6.92 Å². The Morgan fingerprint density at radius 1 is 1.53 bits per heavy atom. The van der Waals surface area contributed by atoms with Gasteiger partial charge in [-0.1, -0.05) is 0 Å². The van der Waals surface area contributed by atoms with Crippen LogP contribution in [-0.4, -0.2) is 22.6 Å². The fourth-order valence-corrected chi connectivity index (χ4v) is 1.44. The second kappa shape index (κ2) is 4.75. The molecule has 0 unspecified atom stereocenters. The van der Waals surface area contributed by atoms with Crippen LogP contribution in [0.25, 0.3) is 11.5 Å². The number of nitrogens with two attached hydrogens (primary N) is 1. The number of benzene rings is 1. The number of amides is 1. The number of rotatable bonds is 3. The number of hydrogen-bond donors (Lipinski definition) is 2. The van der Waals surface area contributed by atoms with Crippen molar-refractivity contribution in [2.24, 2.45) is 5.73 Å². The Balaban J connectivity index is 2.26. The lowest BCUT2D eigenvalue weighted by molar-refractivity contribution is -0.114. The molecule has 17 heavy (non-hydrogen) atoms. The lowest BCUT2D eigenvalue weighted by Gasteiger charge is -2.07. The van der Waals surface area contributed by atoms with E-state index in [0.717, 1.165) is 16.8 Å². The largest absolute Gasteiger partial charge is 0.423 e. The summed E-state index contributed by atoms with van der Waals surface area (Å²) in [6.45, 7) is 1.84. The second-order valence-electron chi connectivity index (χ2n) is 3.53. The predicted octanol–water partition coefficient (Wildman–Crippen LogP) is 0.942. The molecule has 0 bridgehead atoms. The van der Waals surface area contributed by atoms with Crippen LogP contribution in [0.4, 0.5) is 5.69 Å². The highest BCUT2D eigenvalue weighted by Gasteiger charge is 2.07. The maximum atomic E-state index is 11.2. The summed E-state index contributed by atoms with van der Waals surface area (Å²) < 4.78 is 5.09. The van der Waals surface area contributed by atoms with Crippen LogP contribution in [0.15, 0.2) is 29.0 Å². The van der Waals surface area contributed by atoms with Crippen molar-refractivity contribution >= 4 is 11.6 Å². The molecule has 0 aliphatic rings. The summed E-state index contributed by atoms with van der Waals surface area (Å²) in [6, 6.07) is 5.44. The van der Waals surface area contributed by atoms with Crippen molar-refractivity contribution in [3.8, 4) is 11.5 Å². The van der Waals surface area contributed by atoms with Crippen LogP contribution in [0.5, 0.6) is 0 Å². The van der Waals surface area contributed by atoms with Crippen LogP contribution in [0.3, 0.4) is 0 Å². The average Bonchev–Trinajstić information content (AvgIpc) is 2.85. The van der Waals surface area contributed by atoms with Gasteiger partial charge < -0.3 is 15.5 Å². The zero-order chi connectivity index (χ0) is 12.3. The molecule has 1 amide bonds. The molecule has 1 aromatic carbocycles. The van der Waals surface area contributed by atoms with E-state index in [-0.39, 0.29) is 12.5 Å². The van der Waals surface area contributed by atoms with Gasteiger partial charge in [-0.25, -0.2) is 0 Å². The molecule has 0 spiro atoms. The van der Waals surface area contributed by atoms with Crippen molar-refractivity contribution in [2.45, 2.75) is 6.92 Å². The van der Waals surface area contributed by atoms with Gasteiger partial charge in [0.2, 0.25) is 18.2 Å². The van der Waals surface area contributed by atoms with Gasteiger partial charge in [0.25, 0.3) is 0 Å². The highest BCUT2D eigenvalue weighted by atomic mass is 16.4. The number of nitrogens with one attached hydrogen (secondary N) is 1. The minimum Gasteiger partial charge on any atom is -0.423 e. The Bertz CT molecular complexity index is 522. The third kappa shape index (κ3) is 2.48. The third-order valence-electron chi connectivity index (χ3n) is 2.29. The molecule has 6 nitrogen and oxygen atoms in total. The van der Waals surface area contributed by atoms with E-state index in [0.29, 0.717) is 5.89 Å². The summed E-state index contributed by atoms with van der Waals surface area (Å²) in [5.41, 5.74) is 7.67. The monoisotopic (exact) mass is 232 g/mol. The van der Waals surface area contributed by atoms with E-state index >= 15 is 0 Å². The summed E-state index contributed by atoms with van der Waals surface area (Å²) in [7, 11) is 0. The van der Waals surface area contributed by atoms with E-state index in [1.54, 1.807) is 12.1 Å². The molecule has 0 fully saturated rings. The molecule has 0 aliphatic carbocycles. The molecule has 0 radical (unpaired) electrons. The molecule has 0 saturated heterocycles. The number of anilines is 1. The number of aryl methyl sites for hydroxylation is 1. The quantitative estimate of drug-likeness (QED) is 0.821. The Morgan fingerprint density at radius 2 is 2.35 bits per heavy atom. The maximum absolute atomic E-state index is 11.2. The van der Waals surface area contributed by atoms with Crippen LogP contribution in [0.2, 0.25) is 0 Å². The standard InChI is InChI=1S/C11H12N4O2/c1-7-4-8(11-15-13-6-17-11)2-3-9(7)14-10(16)5-12/h2-4,6H,5,12H2,1H3,(H,14,16). The Hall–Kier alpha value is -2.21. The van der Waals surface area contributed by atoms with E-state index in [1.807, 2.05) is 13.0 Å². The van der Waals surface area contributed by atoms with Crippen molar-refractivity contribution in [1.29, 1.82) is 0 Å². The van der Waals surface area contributed by atoms with Crippen molar-refractivity contribution in [2.75, 3.05) is 11.9 Å². The van der Waals surface area contributed by atoms with Crippen molar-refractivity contribution in [3.63, 3.8) is 0 Å². The topological polar surface area (TPSA) is 94.0 Å². The van der Waals surface area contributed by atoms with Gasteiger partial charge in [-0.05, 0) is 30.7 Å². The fraction of sp³-hybridized carbons (Fsp3) is 0.182. The van der Waals surface area contributed by atoms with Crippen LogP contribution in [0.1, 0.15) is 5.56 Å². The normalized spacial score (nSPS) is 10.2. The second-order valence-corrected chi connectivity index (χ2v) is 3.53. The first-order valence-electron chi connectivity index (χ1n) is 5.08. The van der Waals surface area contributed by atoms with Gasteiger partial charge in [-0.15, -0.1) is 10.2 Å². The zero-order valence-electron chi connectivity index (χ0n) is 9.30. The molecule has 2 rings (SSSR count). The molecule has 0 aliphatic heterocycles. The number of hydrogen-bond acceptors (Lipinski definition) is 5. The number of aromatic nitrogens is 2. The molecular formula is C11H12N4O2. The number of nitrogens with zero attached hydrogens (tertiary/aromatic N) is 2. The van der Waals surface area contributed by atoms with Crippen molar-refractivity contribution in [1.82, 2.24) is 10.2 Å². The maximum Gasteiger partial charge on any atom is 0.247 e. The average molecular weight is 232 g/mol. The van der Waals surface area contributed by atoms with Gasteiger partial charge in [0.05, 0.1) is 6.54 Å². The van der Waals surface area contributed by atoms with Gasteiger partial charge in [0.1, 0.15) is 0 Å². The summed E-state index contributed by atoms with van der Waals surface area (Å²) in [5.74, 6) is 0.225. The van der Waals surface area contributed by atoms with Crippen LogP contribution in [-0.2, 0) is 4.79 Å². The van der Waals surface area contributed by atoms with Crippen molar-refractivity contribution in [3.05, 3.63) is 30.2 Å². The minimum atomic E-state index is -0.223. The van der Waals surface area contributed by atoms with Gasteiger partial charge in [0.15, 0.2) is 0 Å². The van der Waals surface area contributed by atoms with E-state index < -0.39 is 0 Å². The Labute approximate surface area is 97.8 Å². The molecule has 1 aromatic heterocycles. The van der Waals surface area contributed by atoms with Gasteiger partial charge >= 0.3 is 0 Å². The lowest BCUT2D eigenvalue weighted by atomic mass is 10.1. The third-order valence-corrected chi connectivity index (χ3v) is 2.29. The summed E-state index contributed by atoms with van der Waals surface area (Å²) >= 11 is 0. The van der Waals surface area contributed by atoms with E-state index in [2.05, 4.69) is 15.5 Å². The number of carbonyl (C=O) groups excluding carboxylic acids is 1. The molecule has 88 valence electrons. The van der Waals surface area contributed by atoms with Crippen LogP contribution < -0.4 is 11.1 Å². The van der Waals surface area contributed by atoms with E-state index in [9.17, 15) is 4.79 Å². The Morgan fingerprint density at radius 3 is 2.94 bits per heavy atom. The SMILES string of the molecule is Cc1cc(-c2nnco2)ccc1NC(=O)CN. The summed E-state index contributed by atoms with van der Waals surface area (Å²) in [4.78, 5) is 11.2. The molecule has 0 atom stereocenters. The highest BCUT2D eigenvalue weighted by molar-refractivity contribution is 5.93. The van der Waals surface area contributed by atoms with E-state index in [4.69, 9.17) is 10.2 Å². The minimum absolute atomic E-state index is 0.0369. The fourth-order valence-electron chi connectivity index (χ4n) is 1.44. The molecule has 1 heterocycles. The first kappa shape index (κ1) is 11.3. The Kier molecular flexibility index (Phi) is 3.15. The summed E-state index contributed by atoms with van der Waals surface area (Å²) in [5, 5.41) is 10.1. The molecule has 2 aromatic rings. The van der Waals surface area contributed by atoms with E-state index in [1.165, 1.54) is 6.39 Å². The molecule has 0 saturated carbocycles. The predicted molar refractivity (Wildman–Crippen MR) is 62.2 cm³/mol. The first-order chi connectivity index (χ1) is 8.20. The molecule has 6 heteroatoms. The van der Waals surface area contributed by atoms with Crippen LogP contribution >= 0.6 is 0 Å². The number of carbonyl (C=O) groups is 1. The lowest BCUT2D eigenvalue weighted by Crippen LogP contribution is -2.22. The zero-order valence-corrected chi connectivity index (χ0v) is 9.30. The van der Waals surface area contributed by atoms with Gasteiger partial charge in [-0.3, -0.25) is 4.79 Å². The smallest absolute Gasteiger partial charge is 0.247 e. The molecule has 3 N–H and O–H groups in total.